The Morgan fingerprint density at radius 3 is 2.93 bits per heavy atom. The smallest absolute Gasteiger partial charge is 0.245 e. The van der Waals surface area contributed by atoms with Crippen molar-refractivity contribution in [3.8, 4) is 0 Å². The topological polar surface area (TPSA) is 76.9 Å². The molecular weight excluding hydrogens is 206 g/mol. The van der Waals surface area contributed by atoms with Crippen LogP contribution < -0.4 is 0 Å². The normalized spacial score (nSPS) is 21.5. The van der Waals surface area contributed by atoms with Crippen molar-refractivity contribution in [3.05, 3.63) is 0 Å². The second-order valence-electron chi connectivity index (χ2n) is 2.70. The van der Waals surface area contributed by atoms with Gasteiger partial charge in [-0.1, -0.05) is 11.8 Å². The van der Waals surface area contributed by atoms with Gasteiger partial charge in [-0.05, 0) is 6.92 Å². The molecule has 0 aromatic heterocycles. The Bertz CT molecular complexity index is 248. The highest BCUT2D eigenvalue weighted by Crippen LogP contribution is 2.23. The van der Waals surface area contributed by atoms with Crippen LogP contribution >= 0.6 is 11.8 Å². The first-order valence-electron chi connectivity index (χ1n) is 4.20. The SMILES string of the molecule is CCON(C(C)=O)C1CSC(=N)N1O. The van der Waals surface area contributed by atoms with Crippen LogP contribution in [0.3, 0.4) is 0 Å². The summed E-state index contributed by atoms with van der Waals surface area (Å²) in [6.45, 7) is 3.46. The molecule has 0 saturated carbocycles. The maximum Gasteiger partial charge on any atom is 0.245 e. The van der Waals surface area contributed by atoms with Crippen molar-refractivity contribution in [2.45, 2.75) is 20.0 Å². The van der Waals surface area contributed by atoms with E-state index in [0.717, 1.165) is 10.1 Å². The molecule has 0 radical (unpaired) electrons. The summed E-state index contributed by atoms with van der Waals surface area (Å²) < 4.78 is 0. The highest BCUT2D eigenvalue weighted by Gasteiger charge is 2.35. The Balaban J connectivity index is 2.69. The molecule has 1 unspecified atom stereocenters. The van der Waals surface area contributed by atoms with Crippen molar-refractivity contribution in [1.82, 2.24) is 10.1 Å². The van der Waals surface area contributed by atoms with Gasteiger partial charge in [-0.15, -0.1) is 0 Å². The highest BCUT2D eigenvalue weighted by atomic mass is 32.2. The van der Waals surface area contributed by atoms with Crippen LogP contribution in [0.4, 0.5) is 0 Å². The Labute approximate surface area is 86.2 Å². The zero-order valence-corrected chi connectivity index (χ0v) is 8.87. The minimum Gasteiger partial charge on any atom is -0.284 e. The van der Waals surface area contributed by atoms with Gasteiger partial charge < -0.3 is 0 Å². The van der Waals surface area contributed by atoms with Gasteiger partial charge in [0.15, 0.2) is 11.3 Å². The number of carbonyl (C=O) groups is 1. The summed E-state index contributed by atoms with van der Waals surface area (Å²) in [6, 6.07) is 0. The molecule has 1 amide bonds. The molecule has 1 fully saturated rings. The van der Waals surface area contributed by atoms with Crippen molar-refractivity contribution in [3.63, 3.8) is 0 Å². The summed E-state index contributed by atoms with van der Waals surface area (Å²) in [5.41, 5.74) is 0. The molecule has 1 saturated heterocycles. The average molecular weight is 219 g/mol. The zero-order chi connectivity index (χ0) is 10.7. The maximum atomic E-state index is 11.2. The molecule has 7 heteroatoms. The number of hydrogen-bond donors (Lipinski definition) is 2. The molecule has 1 heterocycles. The van der Waals surface area contributed by atoms with Crippen LogP contribution in [-0.2, 0) is 9.63 Å². The lowest BCUT2D eigenvalue weighted by Gasteiger charge is -2.28. The van der Waals surface area contributed by atoms with Gasteiger partial charge in [-0.25, -0.2) is 5.06 Å². The number of hydroxylamine groups is 4. The third-order valence-corrected chi connectivity index (χ3v) is 2.63. The number of rotatable bonds is 3. The third-order valence-electron chi connectivity index (χ3n) is 1.71. The van der Waals surface area contributed by atoms with Crippen molar-refractivity contribution in [1.29, 1.82) is 5.41 Å². The summed E-state index contributed by atoms with van der Waals surface area (Å²) in [6.07, 6.45) is -0.593. The zero-order valence-electron chi connectivity index (χ0n) is 8.06. The minimum absolute atomic E-state index is 0.0287. The lowest BCUT2D eigenvalue weighted by molar-refractivity contribution is -0.234. The molecule has 14 heavy (non-hydrogen) atoms. The van der Waals surface area contributed by atoms with Crippen LogP contribution in [0.25, 0.3) is 0 Å². The van der Waals surface area contributed by atoms with Gasteiger partial charge in [0, 0.05) is 12.7 Å². The first-order valence-corrected chi connectivity index (χ1v) is 5.18. The van der Waals surface area contributed by atoms with Crippen molar-refractivity contribution < 1.29 is 14.8 Å². The van der Waals surface area contributed by atoms with Gasteiger partial charge in [-0.3, -0.25) is 20.2 Å². The number of hydrogen-bond acceptors (Lipinski definition) is 5. The molecule has 0 aromatic carbocycles. The van der Waals surface area contributed by atoms with E-state index in [2.05, 4.69) is 0 Å². The van der Waals surface area contributed by atoms with E-state index in [-0.39, 0.29) is 11.1 Å². The predicted octanol–water partition coefficient (Wildman–Crippen LogP) is 0.485. The molecule has 1 atom stereocenters. The lowest BCUT2D eigenvalue weighted by Crippen LogP contribution is -2.48. The lowest BCUT2D eigenvalue weighted by atomic mass is 10.5. The van der Waals surface area contributed by atoms with Crippen molar-refractivity contribution in [2.75, 3.05) is 12.4 Å². The monoisotopic (exact) mass is 219 g/mol. The van der Waals surface area contributed by atoms with Gasteiger partial charge in [-0.2, -0.15) is 5.06 Å². The van der Waals surface area contributed by atoms with Gasteiger partial charge in [0.25, 0.3) is 0 Å². The Morgan fingerprint density at radius 2 is 2.57 bits per heavy atom. The fourth-order valence-corrected chi connectivity index (χ4v) is 1.96. The average Bonchev–Trinajstić information content (AvgIpc) is 2.44. The van der Waals surface area contributed by atoms with Crippen molar-refractivity contribution in [2.24, 2.45) is 0 Å². The Morgan fingerprint density at radius 1 is 1.93 bits per heavy atom. The van der Waals surface area contributed by atoms with Gasteiger partial charge in [0.05, 0.1) is 6.61 Å². The van der Waals surface area contributed by atoms with Gasteiger partial charge >= 0.3 is 0 Å². The van der Waals surface area contributed by atoms with Crippen LogP contribution in [0.1, 0.15) is 13.8 Å². The summed E-state index contributed by atoms with van der Waals surface area (Å²) >= 11 is 1.17. The largest absolute Gasteiger partial charge is 0.284 e. The molecule has 0 bridgehead atoms. The van der Waals surface area contributed by atoms with E-state index in [1.54, 1.807) is 6.92 Å². The maximum absolute atomic E-state index is 11.2. The van der Waals surface area contributed by atoms with Crippen molar-refractivity contribution >= 4 is 22.8 Å². The van der Waals surface area contributed by atoms with E-state index in [1.807, 2.05) is 0 Å². The molecule has 0 aliphatic carbocycles. The van der Waals surface area contributed by atoms with E-state index < -0.39 is 6.17 Å². The molecule has 0 spiro atoms. The Kier molecular flexibility index (Phi) is 3.73. The van der Waals surface area contributed by atoms with E-state index >= 15 is 0 Å². The minimum atomic E-state index is -0.593. The predicted molar refractivity (Wildman–Crippen MR) is 51.7 cm³/mol. The molecule has 1 aliphatic heterocycles. The molecule has 6 nitrogen and oxygen atoms in total. The second kappa shape index (κ2) is 4.63. The highest BCUT2D eigenvalue weighted by molar-refractivity contribution is 8.14. The van der Waals surface area contributed by atoms with Gasteiger partial charge in [0.2, 0.25) is 5.91 Å². The van der Waals surface area contributed by atoms with Crippen LogP contribution in [0.5, 0.6) is 0 Å². The summed E-state index contributed by atoms with van der Waals surface area (Å²) in [7, 11) is 0. The summed E-state index contributed by atoms with van der Waals surface area (Å²) in [5, 5.41) is 18.6. The van der Waals surface area contributed by atoms with E-state index in [0.29, 0.717) is 12.4 Å². The molecular formula is C7H13N3O3S. The molecule has 1 aliphatic rings. The van der Waals surface area contributed by atoms with E-state index in [4.69, 9.17) is 10.2 Å². The number of carbonyl (C=O) groups excluding carboxylic acids is 1. The van der Waals surface area contributed by atoms with Crippen LogP contribution in [-0.4, -0.2) is 44.9 Å². The number of amidine groups is 1. The number of thioether (sulfide) groups is 1. The second-order valence-corrected chi connectivity index (χ2v) is 3.71. The molecule has 2 N–H and O–H groups in total. The first kappa shape index (κ1) is 11.3. The number of nitrogens with one attached hydrogen (secondary N) is 1. The molecule has 0 aromatic rings. The first-order chi connectivity index (χ1) is 6.57. The number of nitrogens with zero attached hydrogens (tertiary/aromatic N) is 2. The fraction of sp³-hybridized carbons (Fsp3) is 0.714. The van der Waals surface area contributed by atoms with Crippen LogP contribution in [0.2, 0.25) is 0 Å². The Hall–Kier alpha value is -0.790. The van der Waals surface area contributed by atoms with Crippen LogP contribution in [0.15, 0.2) is 0 Å². The van der Waals surface area contributed by atoms with Crippen LogP contribution in [0, 0.1) is 5.41 Å². The summed E-state index contributed by atoms with van der Waals surface area (Å²) in [5.74, 6) is 0.153. The van der Waals surface area contributed by atoms with E-state index in [9.17, 15) is 10.0 Å². The number of amides is 1. The third kappa shape index (κ3) is 2.17. The van der Waals surface area contributed by atoms with Gasteiger partial charge in [0.1, 0.15) is 0 Å². The van der Waals surface area contributed by atoms with E-state index in [1.165, 1.54) is 18.7 Å². The molecule has 80 valence electrons. The summed E-state index contributed by atoms with van der Waals surface area (Å²) in [4.78, 5) is 16.2. The fourth-order valence-electron chi connectivity index (χ4n) is 1.12. The standard InChI is InChI=1S/C7H13N3O3S/c1-3-13-10(5(2)11)6-4-14-7(8)9(6)12/h6,8,12H,3-4H2,1-2H3. The molecule has 1 rings (SSSR count). The quantitative estimate of drug-likeness (QED) is 0.675.